The van der Waals surface area contributed by atoms with Crippen LogP contribution in [0.15, 0.2) is 53.0 Å². The van der Waals surface area contributed by atoms with Crippen molar-refractivity contribution in [3.63, 3.8) is 0 Å². The van der Waals surface area contributed by atoms with Crippen molar-refractivity contribution < 1.29 is 13.2 Å². The molecule has 3 aromatic rings. The first-order valence-electron chi connectivity index (χ1n) is 9.53. The van der Waals surface area contributed by atoms with Crippen molar-refractivity contribution in [3.8, 4) is 17.0 Å². The minimum atomic E-state index is -3.51. The van der Waals surface area contributed by atoms with Gasteiger partial charge in [-0.25, -0.2) is 18.4 Å². The molecule has 4 rings (SSSR count). The van der Waals surface area contributed by atoms with E-state index in [2.05, 4.69) is 14.9 Å². The highest BCUT2D eigenvalue weighted by molar-refractivity contribution is 7.91. The first-order valence-corrected chi connectivity index (χ1v) is 12.2. The number of halogens is 1. The second-order valence-corrected chi connectivity index (χ2v) is 10.5. The van der Waals surface area contributed by atoms with Crippen LogP contribution in [0.5, 0.6) is 5.75 Å². The van der Waals surface area contributed by atoms with Crippen molar-refractivity contribution in [2.45, 2.75) is 11.1 Å². The molecule has 0 amide bonds. The zero-order valence-corrected chi connectivity index (χ0v) is 18.8. The zero-order chi connectivity index (χ0) is 21.1. The van der Waals surface area contributed by atoms with E-state index < -0.39 is 10.0 Å². The predicted octanol–water partition coefficient (Wildman–Crippen LogP) is 3.77. The number of hydrogen-bond acceptors (Lipinski definition) is 7. The van der Waals surface area contributed by atoms with Crippen LogP contribution < -0.4 is 9.64 Å². The second kappa shape index (κ2) is 8.89. The molecular formula is C20H21ClN4O3S2. The van der Waals surface area contributed by atoms with Crippen LogP contribution in [-0.2, 0) is 10.0 Å². The average molecular weight is 465 g/mol. The number of sulfonamides is 1. The fourth-order valence-electron chi connectivity index (χ4n) is 3.29. The van der Waals surface area contributed by atoms with Crippen LogP contribution in [0.3, 0.4) is 0 Å². The van der Waals surface area contributed by atoms with E-state index in [4.69, 9.17) is 16.3 Å². The molecule has 0 radical (unpaired) electrons. The Morgan fingerprint density at radius 2 is 1.80 bits per heavy atom. The smallest absolute Gasteiger partial charge is 0.252 e. The summed E-state index contributed by atoms with van der Waals surface area (Å²) in [4.78, 5) is 10.8. The Balaban J connectivity index is 1.46. The monoisotopic (exact) mass is 464 g/mol. The Morgan fingerprint density at radius 1 is 1.07 bits per heavy atom. The lowest BCUT2D eigenvalue weighted by molar-refractivity contribution is 0.340. The van der Waals surface area contributed by atoms with E-state index in [1.54, 1.807) is 12.1 Å². The Labute approximate surface area is 185 Å². The van der Waals surface area contributed by atoms with E-state index in [-0.39, 0.29) is 4.21 Å². The first-order chi connectivity index (χ1) is 14.5. The fraction of sp³-hybridized carbons (Fsp3) is 0.300. The van der Waals surface area contributed by atoms with E-state index in [0.29, 0.717) is 37.1 Å². The molecule has 158 valence electrons. The van der Waals surface area contributed by atoms with Crippen molar-refractivity contribution in [1.82, 2.24) is 14.3 Å². The molecule has 0 N–H and O–H groups in total. The molecule has 0 atom stereocenters. The van der Waals surface area contributed by atoms with Gasteiger partial charge in [0.05, 0.1) is 16.6 Å². The Bertz CT molecular complexity index is 1110. The van der Waals surface area contributed by atoms with Crippen LogP contribution in [0, 0.1) is 0 Å². The van der Waals surface area contributed by atoms with Crippen molar-refractivity contribution in [1.29, 1.82) is 0 Å². The lowest BCUT2D eigenvalue weighted by atomic mass is 10.1. The summed E-state index contributed by atoms with van der Waals surface area (Å²) in [6.07, 6.45) is 1.54. The maximum atomic E-state index is 12.8. The second-order valence-electron chi connectivity index (χ2n) is 6.67. The topological polar surface area (TPSA) is 75.6 Å². The van der Waals surface area contributed by atoms with Crippen molar-refractivity contribution in [3.05, 3.63) is 53.1 Å². The van der Waals surface area contributed by atoms with Crippen LogP contribution in [0.4, 0.5) is 5.82 Å². The third-order valence-electron chi connectivity index (χ3n) is 4.82. The zero-order valence-electron chi connectivity index (χ0n) is 16.4. The molecule has 30 heavy (non-hydrogen) atoms. The molecule has 0 spiro atoms. The number of rotatable bonds is 6. The summed E-state index contributed by atoms with van der Waals surface area (Å²) in [6, 6.07) is 12.9. The normalized spacial score (nSPS) is 15.3. The van der Waals surface area contributed by atoms with E-state index in [1.807, 2.05) is 37.3 Å². The summed E-state index contributed by atoms with van der Waals surface area (Å²) < 4.78 is 33.3. The number of thiophene rings is 1. The van der Waals surface area contributed by atoms with E-state index >= 15 is 0 Å². The van der Waals surface area contributed by atoms with Gasteiger partial charge in [0.2, 0.25) is 0 Å². The highest BCUT2D eigenvalue weighted by atomic mass is 35.5. The maximum Gasteiger partial charge on any atom is 0.252 e. The minimum Gasteiger partial charge on any atom is -0.494 e. The summed E-state index contributed by atoms with van der Waals surface area (Å²) >= 11 is 6.99. The summed E-state index contributed by atoms with van der Waals surface area (Å²) in [5.74, 6) is 1.60. The van der Waals surface area contributed by atoms with Gasteiger partial charge >= 0.3 is 0 Å². The number of nitrogens with zero attached hydrogens (tertiary/aromatic N) is 4. The molecule has 0 bridgehead atoms. The van der Waals surface area contributed by atoms with Gasteiger partial charge in [0.1, 0.15) is 22.1 Å². The van der Waals surface area contributed by atoms with Crippen LogP contribution >= 0.6 is 22.9 Å². The first kappa shape index (κ1) is 21.0. The number of anilines is 1. The van der Waals surface area contributed by atoms with Gasteiger partial charge in [0.25, 0.3) is 10.0 Å². The van der Waals surface area contributed by atoms with Gasteiger partial charge in [0.15, 0.2) is 0 Å². The average Bonchev–Trinajstić information content (AvgIpc) is 3.22. The standard InChI is InChI=1S/C20H21ClN4O3S2/c1-2-28-16-5-3-15(4-6-16)17-13-19(23-14-22-17)24-9-11-25(12-10-24)30(26,27)20-8-7-18(21)29-20/h3-8,13-14H,2,9-12H2,1H3. The molecule has 0 saturated carbocycles. The van der Waals surface area contributed by atoms with E-state index in [1.165, 1.54) is 10.6 Å². The quantitative estimate of drug-likeness (QED) is 0.552. The van der Waals surface area contributed by atoms with Crippen molar-refractivity contribution in [2.75, 3.05) is 37.7 Å². The van der Waals surface area contributed by atoms with Gasteiger partial charge in [-0.3, -0.25) is 0 Å². The van der Waals surface area contributed by atoms with Crippen LogP contribution in [-0.4, -0.2) is 55.5 Å². The predicted molar refractivity (Wildman–Crippen MR) is 119 cm³/mol. The third kappa shape index (κ3) is 4.44. The third-order valence-corrected chi connectivity index (χ3v) is 8.42. The molecule has 0 unspecified atom stereocenters. The van der Waals surface area contributed by atoms with Crippen molar-refractivity contribution >= 4 is 38.8 Å². The summed E-state index contributed by atoms with van der Waals surface area (Å²) in [5, 5.41) is 0. The molecule has 1 fully saturated rings. The van der Waals surface area contributed by atoms with Crippen LogP contribution in [0.2, 0.25) is 4.34 Å². The minimum absolute atomic E-state index is 0.278. The summed E-state index contributed by atoms with van der Waals surface area (Å²) in [7, 11) is -3.51. The maximum absolute atomic E-state index is 12.8. The lowest BCUT2D eigenvalue weighted by Crippen LogP contribution is -2.48. The summed E-state index contributed by atoms with van der Waals surface area (Å²) in [5.41, 5.74) is 1.78. The molecule has 1 aliphatic heterocycles. The number of ether oxygens (including phenoxy) is 1. The molecule has 1 aromatic carbocycles. The molecule has 3 heterocycles. The molecule has 1 saturated heterocycles. The van der Waals surface area contributed by atoms with Gasteiger partial charge in [-0.15, -0.1) is 11.3 Å². The van der Waals surface area contributed by atoms with E-state index in [0.717, 1.165) is 34.2 Å². The van der Waals surface area contributed by atoms with Crippen molar-refractivity contribution in [2.24, 2.45) is 0 Å². The molecule has 0 aliphatic carbocycles. The molecular weight excluding hydrogens is 444 g/mol. The van der Waals surface area contributed by atoms with Crippen LogP contribution in [0.25, 0.3) is 11.3 Å². The number of piperazine rings is 1. The Hall–Kier alpha value is -2.20. The van der Waals surface area contributed by atoms with Gasteiger partial charge in [-0.2, -0.15) is 4.31 Å². The van der Waals surface area contributed by atoms with Gasteiger partial charge < -0.3 is 9.64 Å². The summed E-state index contributed by atoms with van der Waals surface area (Å²) in [6.45, 7) is 4.46. The molecule has 7 nitrogen and oxygen atoms in total. The largest absolute Gasteiger partial charge is 0.494 e. The fourth-order valence-corrected chi connectivity index (χ4v) is 6.35. The molecule has 2 aromatic heterocycles. The number of aromatic nitrogens is 2. The number of benzene rings is 1. The molecule has 1 aliphatic rings. The molecule has 10 heteroatoms. The number of hydrogen-bond donors (Lipinski definition) is 0. The van der Waals surface area contributed by atoms with Crippen LogP contribution in [0.1, 0.15) is 6.92 Å². The lowest BCUT2D eigenvalue weighted by Gasteiger charge is -2.34. The SMILES string of the molecule is CCOc1ccc(-c2cc(N3CCN(S(=O)(=O)c4ccc(Cl)s4)CC3)ncn2)cc1. The van der Waals surface area contributed by atoms with Gasteiger partial charge in [-0.05, 0) is 43.3 Å². The Kier molecular flexibility index (Phi) is 6.24. The highest BCUT2D eigenvalue weighted by Gasteiger charge is 2.30. The van der Waals surface area contributed by atoms with E-state index in [9.17, 15) is 8.42 Å². The van der Waals surface area contributed by atoms with Gasteiger partial charge in [0, 0.05) is 37.8 Å². The van der Waals surface area contributed by atoms with Gasteiger partial charge in [-0.1, -0.05) is 11.6 Å². The highest BCUT2D eigenvalue weighted by Crippen LogP contribution is 2.29. The Morgan fingerprint density at radius 3 is 2.43 bits per heavy atom.